The van der Waals surface area contributed by atoms with Gasteiger partial charge in [0, 0.05) is 18.8 Å². The molecule has 0 heterocycles. The molecule has 0 rings (SSSR count). The molecule has 0 saturated heterocycles. The van der Waals surface area contributed by atoms with Gasteiger partial charge in [0.1, 0.15) is 0 Å². The minimum Gasteiger partial charge on any atom is -0.399 e. The van der Waals surface area contributed by atoms with Crippen LogP contribution in [0, 0.1) is 10.8 Å². The molecule has 1 amide bonds. The second kappa shape index (κ2) is 11.4. The summed E-state index contributed by atoms with van der Waals surface area (Å²) in [6.45, 7) is 21.3. The zero-order valence-corrected chi connectivity index (χ0v) is 18.1. The maximum atomic E-state index is 12.6. The van der Waals surface area contributed by atoms with Gasteiger partial charge < -0.3 is 10.6 Å². The van der Waals surface area contributed by atoms with Crippen molar-refractivity contribution in [2.75, 3.05) is 13.1 Å². The Hall–Kier alpha value is -2.29. The molecule has 0 fully saturated rings. The largest absolute Gasteiger partial charge is 0.399 e. The molecule has 3 nitrogen and oxygen atoms in total. The van der Waals surface area contributed by atoms with Crippen molar-refractivity contribution in [2.24, 2.45) is 16.6 Å². The fourth-order valence-electron chi connectivity index (χ4n) is 2.72. The lowest BCUT2D eigenvalue weighted by molar-refractivity contribution is -0.126. The molecule has 0 saturated carbocycles. The van der Waals surface area contributed by atoms with E-state index in [0.29, 0.717) is 25.2 Å². The van der Waals surface area contributed by atoms with Crippen molar-refractivity contribution in [3.8, 4) is 0 Å². The van der Waals surface area contributed by atoms with Gasteiger partial charge in [-0.3, -0.25) is 4.79 Å². The predicted octanol–water partition coefficient (Wildman–Crippen LogP) is 5.55. The van der Waals surface area contributed by atoms with Crippen LogP contribution in [0.25, 0.3) is 0 Å². The van der Waals surface area contributed by atoms with E-state index in [2.05, 4.69) is 47.8 Å². The van der Waals surface area contributed by atoms with Gasteiger partial charge in [-0.05, 0) is 41.9 Å². The molecule has 0 aromatic carbocycles. The topological polar surface area (TPSA) is 46.3 Å². The Balaban J connectivity index is 5.34. The Kier molecular flexibility index (Phi) is 10.5. The van der Waals surface area contributed by atoms with Gasteiger partial charge in [-0.1, -0.05) is 77.7 Å². The van der Waals surface area contributed by atoms with E-state index in [4.69, 9.17) is 5.73 Å². The first-order chi connectivity index (χ1) is 12.5. The first-order valence-corrected chi connectivity index (χ1v) is 9.47. The lowest BCUT2D eigenvalue weighted by Crippen LogP contribution is -2.36. The summed E-state index contributed by atoms with van der Waals surface area (Å²) in [6.07, 6.45) is 15.6. The number of nitrogens with two attached hydrogens (primary N) is 1. The molecule has 0 spiro atoms. The monoisotopic (exact) mass is 370 g/mol. The number of nitrogens with zero attached hydrogens (tertiary/aromatic N) is 1. The lowest BCUT2D eigenvalue weighted by Gasteiger charge is -2.29. The SMILES string of the molecule is C=CCN(CC(C)(C)C)C(=O)/C=C/CC(C)(C)C(/C=C\C=C/C)=C(/N)C=C. The summed E-state index contributed by atoms with van der Waals surface area (Å²) in [7, 11) is 0. The predicted molar refractivity (Wildman–Crippen MR) is 119 cm³/mol. The van der Waals surface area contributed by atoms with Crippen LogP contribution in [0.3, 0.4) is 0 Å². The molecule has 0 aromatic rings. The summed E-state index contributed by atoms with van der Waals surface area (Å²) < 4.78 is 0. The van der Waals surface area contributed by atoms with Crippen molar-refractivity contribution in [3.63, 3.8) is 0 Å². The Labute approximate surface area is 166 Å². The molecule has 0 aliphatic carbocycles. The third kappa shape index (κ3) is 9.83. The van der Waals surface area contributed by atoms with Crippen molar-refractivity contribution < 1.29 is 4.79 Å². The minimum atomic E-state index is -0.222. The van der Waals surface area contributed by atoms with Gasteiger partial charge in [-0.15, -0.1) is 6.58 Å². The van der Waals surface area contributed by atoms with Gasteiger partial charge in [-0.25, -0.2) is 0 Å². The molecule has 0 aliphatic heterocycles. The molecular formula is C24H38N2O. The van der Waals surface area contributed by atoms with E-state index in [9.17, 15) is 4.79 Å². The first-order valence-electron chi connectivity index (χ1n) is 9.47. The number of allylic oxidation sites excluding steroid dienone is 7. The fraction of sp³-hybridized carbons (Fsp3) is 0.458. The first kappa shape index (κ1) is 24.7. The van der Waals surface area contributed by atoms with Crippen LogP contribution >= 0.6 is 0 Å². The van der Waals surface area contributed by atoms with Crippen molar-refractivity contribution in [3.05, 3.63) is 73.0 Å². The molecule has 0 radical (unpaired) electrons. The Morgan fingerprint density at radius 1 is 1.07 bits per heavy atom. The van der Waals surface area contributed by atoms with E-state index < -0.39 is 0 Å². The van der Waals surface area contributed by atoms with E-state index in [0.717, 1.165) is 5.57 Å². The number of carbonyl (C=O) groups excluding carboxylic acids is 1. The molecule has 150 valence electrons. The van der Waals surface area contributed by atoms with Crippen molar-refractivity contribution in [2.45, 2.75) is 48.0 Å². The molecular weight excluding hydrogens is 332 g/mol. The molecule has 0 unspecified atom stereocenters. The summed E-state index contributed by atoms with van der Waals surface area (Å²) in [4.78, 5) is 14.4. The van der Waals surface area contributed by atoms with Crippen LogP contribution in [0.2, 0.25) is 0 Å². The van der Waals surface area contributed by atoms with Crippen LogP contribution in [-0.4, -0.2) is 23.9 Å². The van der Waals surface area contributed by atoms with Gasteiger partial charge >= 0.3 is 0 Å². The standard InChI is InChI=1S/C24H38N2O/c1-9-12-13-15-20(21(25)11-3)24(7,8)17-14-16-22(27)26(18-10-2)19-23(4,5)6/h9-16H,2-3,17-19,25H2,1,4-8H3/b12-9-,15-13-,16-14+,21-20+. The van der Waals surface area contributed by atoms with Gasteiger partial charge in [-0.2, -0.15) is 0 Å². The van der Waals surface area contributed by atoms with E-state index >= 15 is 0 Å². The van der Waals surface area contributed by atoms with Crippen molar-refractivity contribution in [1.29, 1.82) is 0 Å². The van der Waals surface area contributed by atoms with Gasteiger partial charge in [0.2, 0.25) is 5.91 Å². The average Bonchev–Trinajstić information content (AvgIpc) is 2.56. The van der Waals surface area contributed by atoms with Crippen molar-refractivity contribution >= 4 is 5.91 Å². The van der Waals surface area contributed by atoms with Crippen LogP contribution in [0.1, 0.15) is 48.0 Å². The average molecular weight is 371 g/mol. The minimum absolute atomic E-state index is 0.00676. The molecule has 2 N–H and O–H groups in total. The third-order valence-electron chi connectivity index (χ3n) is 4.04. The van der Waals surface area contributed by atoms with Crippen LogP contribution in [0.5, 0.6) is 0 Å². The normalized spacial score (nSPS) is 14.0. The molecule has 0 atom stereocenters. The smallest absolute Gasteiger partial charge is 0.246 e. The third-order valence-corrected chi connectivity index (χ3v) is 4.04. The Morgan fingerprint density at radius 3 is 2.19 bits per heavy atom. The molecule has 0 aromatic heterocycles. The molecule has 27 heavy (non-hydrogen) atoms. The van der Waals surface area contributed by atoms with E-state index in [1.165, 1.54) is 0 Å². The second-order valence-corrected chi connectivity index (χ2v) is 8.52. The lowest BCUT2D eigenvalue weighted by atomic mass is 9.79. The quantitative estimate of drug-likeness (QED) is 0.311. The van der Waals surface area contributed by atoms with Crippen LogP contribution in [-0.2, 0) is 4.79 Å². The number of hydrogen-bond donors (Lipinski definition) is 1. The number of rotatable bonds is 10. The second-order valence-electron chi connectivity index (χ2n) is 8.52. The summed E-state index contributed by atoms with van der Waals surface area (Å²) in [5.74, 6) is 0.00676. The van der Waals surface area contributed by atoms with Crippen LogP contribution < -0.4 is 5.73 Å². The number of amides is 1. The number of carbonyl (C=O) groups is 1. The van der Waals surface area contributed by atoms with E-state index in [1.807, 2.05) is 42.2 Å². The maximum Gasteiger partial charge on any atom is 0.246 e. The van der Waals surface area contributed by atoms with Crippen LogP contribution in [0.15, 0.2) is 73.0 Å². The van der Waals surface area contributed by atoms with Gasteiger partial charge in [0.05, 0.1) is 0 Å². The highest BCUT2D eigenvalue weighted by molar-refractivity contribution is 5.87. The Morgan fingerprint density at radius 2 is 1.70 bits per heavy atom. The molecule has 0 aliphatic rings. The van der Waals surface area contributed by atoms with Crippen molar-refractivity contribution in [1.82, 2.24) is 4.90 Å². The summed E-state index contributed by atoms with van der Waals surface area (Å²) >= 11 is 0. The Bertz CT molecular complexity index is 625. The molecule has 3 heteroatoms. The summed E-state index contributed by atoms with van der Waals surface area (Å²) in [5, 5.41) is 0. The highest BCUT2D eigenvalue weighted by Gasteiger charge is 2.23. The highest BCUT2D eigenvalue weighted by atomic mass is 16.2. The summed E-state index contributed by atoms with van der Waals surface area (Å²) in [6, 6.07) is 0. The van der Waals surface area contributed by atoms with Crippen LogP contribution in [0.4, 0.5) is 0 Å². The summed E-state index contributed by atoms with van der Waals surface area (Å²) in [5.41, 5.74) is 7.63. The van der Waals surface area contributed by atoms with Gasteiger partial charge in [0.15, 0.2) is 0 Å². The number of hydrogen-bond acceptors (Lipinski definition) is 2. The zero-order valence-electron chi connectivity index (χ0n) is 18.1. The zero-order chi connectivity index (χ0) is 21.1. The molecule has 0 bridgehead atoms. The fourth-order valence-corrected chi connectivity index (χ4v) is 2.72. The maximum absolute atomic E-state index is 12.6. The van der Waals surface area contributed by atoms with E-state index in [-0.39, 0.29) is 16.7 Å². The van der Waals surface area contributed by atoms with Gasteiger partial charge in [0.25, 0.3) is 0 Å². The van der Waals surface area contributed by atoms with E-state index in [1.54, 1.807) is 18.2 Å². The highest BCUT2D eigenvalue weighted by Crippen LogP contribution is 2.33.